The summed E-state index contributed by atoms with van der Waals surface area (Å²) in [6.45, 7) is 0.365. The molecule has 0 atom stereocenters. The van der Waals surface area contributed by atoms with E-state index in [1.807, 2.05) is 24.3 Å². The molecule has 0 saturated heterocycles. The van der Waals surface area contributed by atoms with Gasteiger partial charge >= 0.3 is 5.97 Å². The number of amides is 1. The van der Waals surface area contributed by atoms with Crippen LogP contribution in [0.4, 0.5) is 0 Å². The summed E-state index contributed by atoms with van der Waals surface area (Å²) in [5.74, 6) is -0.658. The predicted octanol–water partition coefficient (Wildman–Crippen LogP) is 3.07. The van der Waals surface area contributed by atoms with Crippen molar-refractivity contribution < 1.29 is 14.3 Å². The number of para-hydroxylation sites is 1. The molecular formula is C15H12N2O3S2. The number of esters is 1. The molecule has 0 aliphatic carbocycles. The fourth-order valence-electron chi connectivity index (χ4n) is 1.91. The van der Waals surface area contributed by atoms with Crippen molar-refractivity contribution in [2.45, 2.75) is 6.54 Å². The predicted molar refractivity (Wildman–Crippen MR) is 86.4 cm³/mol. The zero-order chi connectivity index (χ0) is 15.5. The number of nitrogens with zero attached hydrogens (tertiary/aromatic N) is 1. The largest absolute Gasteiger partial charge is 0.465 e. The van der Waals surface area contributed by atoms with Crippen LogP contribution in [0.1, 0.15) is 24.4 Å². The number of fused-ring (bicyclic) bond motifs is 1. The Balaban J connectivity index is 1.66. The van der Waals surface area contributed by atoms with Crippen LogP contribution in [-0.2, 0) is 11.3 Å². The van der Waals surface area contributed by atoms with E-state index in [4.69, 9.17) is 0 Å². The second-order valence-electron chi connectivity index (χ2n) is 4.41. The highest BCUT2D eigenvalue weighted by molar-refractivity contribution is 7.18. The molecule has 2 aromatic heterocycles. The van der Waals surface area contributed by atoms with Crippen molar-refractivity contribution in [3.05, 3.63) is 51.2 Å². The van der Waals surface area contributed by atoms with Crippen LogP contribution >= 0.6 is 22.7 Å². The zero-order valence-corrected chi connectivity index (χ0v) is 13.3. The van der Waals surface area contributed by atoms with Gasteiger partial charge in [0.05, 0.1) is 28.7 Å². The summed E-state index contributed by atoms with van der Waals surface area (Å²) in [7, 11) is 1.31. The Labute approximate surface area is 134 Å². The molecule has 0 spiro atoms. The van der Waals surface area contributed by atoms with Crippen LogP contribution in [0.3, 0.4) is 0 Å². The molecular weight excluding hydrogens is 320 g/mol. The molecule has 0 saturated carbocycles. The molecule has 1 aromatic carbocycles. The maximum Gasteiger partial charge on any atom is 0.348 e. The fourth-order valence-corrected chi connectivity index (χ4v) is 3.66. The maximum atomic E-state index is 12.1. The Morgan fingerprint density at radius 1 is 1.14 bits per heavy atom. The molecule has 0 aliphatic rings. The number of benzene rings is 1. The summed E-state index contributed by atoms with van der Waals surface area (Å²) >= 11 is 2.66. The van der Waals surface area contributed by atoms with E-state index in [0.29, 0.717) is 16.3 Å². The summed E-state index contributed by atoms with van der Waals surface area (Å²) in [4.78, 5) is 28.8. The first-order chi connectivity index (χ1) is 10.7. The van der Waals surface area contributed by atoms with Crippen molar-refractivity contribution in [1.29, 1.82) is 0 Å². The molecule has 0 unspecified atom stereocenters. The average Bonchev–Trinajstić information content (AvgIpc) is 3.18. The van der Waals surface area contributed by atoms with Gasteiger partial charge in [-0.3, -0.25) is 4.79 Å². The minimum Gasteiger partial charge on any atom is -0.465 e. The first kappa shape index (κ1) is 14.7. The minimum atomic E-state index is -0.435. The highest BCUT2D eigenvalue weighted by atomic mass is 32.1. The van der Waals surface area contributed by atoms with Gasteiger partial charge in [-0.1, -0.05) is 12.1 Å². The molecule has 22 heavy (non-hydrogen) atoms. The number of nitrogens with one attached hydrogen (secondary N) is 1. The van der Waals surface area contributed by atoms with E-state index in [2.05, 4.69) is 15.0 Å². The van der Waals surface area contributed by atoms with Gasteiger partial charge in [-0.25, -0.2) is 9.78 Å². The van der Waals surface area contributed by atoms with Crippen LogP contribution in [0.15, 0.2) is 36.4 Å². The smallest absolute Gasteiger partial charge is 0.348 e. The molecule has 0 fully saturated rings. The molecule has 7 heteroatoms. The zero-order valence-electron chi connectivity index (χ0n) is 11.7. The molecule has 3 aromatic rings. The number of hydrogen-bond donors (Lipinski definition) is 1. The van der Waals surface area contributed by atoms with Gasteiger partial charge < -0.3 is 10.1 Å². The molecule has 2 heterocycles. The lowest BCUT2D eigenvalue weighted by molar-refractivity contribution is 0.0606. The number of carbonyl (C=O) groups excluding carboxylic acids is 2. The summed E-state index contributed by atoms with van der Waals surface area (Å²) < 4.78 is 5.72. The van der Waals surface area contributed by atoms with Crippen LogP contribution in [0.5, 0.6) is 0 Å². The van der Waals surface area contributed by atoms with Gasteiger partial charge in [-0.15, -0.1) is 22.7 Å². The minimum absolute atomic E-state index is 0.223. The van der Waals surface area contributed by atoms with E-state index in [1.165, 1.54) is 7.11 Å². The fraction of sp³-hybridized carbons (Fsp3) is 0.133. The lowest BCUT2D eigenvalue weighted by Gasteiger charge is -1.99. The lowest BCUT2D eigenvalue weighted by atomic mass is 10.3. The standard InChI is InChI=1S/C15H12N2O3S2/c1-20-15(19)12-7-6-11(21-12)14(18)16-8-13-17-9-4-2-3-5-10(9)22-13/h2-7H,8H2,1H3,(H,16,18). The highest BCUT2D eigenvalue weighted by Crippen LogP contribution is 2.22. The van der Waals surface area contributed by atoms with E-state index in [9.17, 15) is 9.59 Å². The third kappa shape index (κ3) is 3.00. The average molecular weight is 332 g/mol. The van der Waals surface area contributed by atoms with Crippen molar-refractivity contribution >= 4 is 44.8 Å². The van der Waals surface area contributed by atoms with Crippen LogP contribution in [0.25, 0.3) is 10.2 Å². The van der Waals surface area contributed by atoms with Gasteiger partial charge in [-0.2, -0.15) is 0 Å². The van der Waals surface area contributed by atoms with Crippen LogP contribution in [0.2, 0.25) is 0 Å². The second kappa shape index (κ2) is 6.25. The Morgan fingerprint density at radius 2 is 1.91 bits per heavy atom. The summed E-state index contributed by atoms with van der Waals surface area (Å²) in [5, 5.41) is 3.66. The lowest BCUT2D eigenvalue weighted by Crippen LogP contribution is -2.21. The summed E-state index contributed by atoms with van der Waals surface area (Å²) in [6.07, 6.45) is 0. The van der Waals surface area contributed by atoms with Gasteiger partial charge in [0.2, 0.25) is 0 Å². The Bertz CT molecular complexity index is 805. The normalized spacial score (nSPS) is 10.6. The molecule has 112 valence electrons. The first-order valence-corrected chi connectivity index (χ1v) is 8.11. The molecule has 1 N–H and O–H groups in total. The van der Waals surface area contributed by atoms with Crippen LogP contribution in [-0.4, -0.2) is 24.0 Å². The monoisotopic (exact) mass is 332 g/mol. The number of rotatable bonds is 4. The third-order valence-corrected chi connectivity index (χ3v) is 5.06. The number of hydrogen-bond acceptors (Lipinski definition) is 6. The van der Waals surface area contributed by atoms with Gasteiger partial charge in [-0.05, 0) is 24.3 Å². The summed E-state index contributed by atoms with van der Waals surface area (Å²) in [5.41, 5.74) is 0.931. The number of carbonyl (C=O) groups is 2. The number of aromatic nitrogens is 1. The van der Waals surface area contributed by atoms with Crippen molar-refractivity contribution in [1.82, 2.24) is 10.3 Å². The van der Waals surface area contributed by atoms with E-state index < -0.39 is 5.97 Å². The van der Waals surface area contributed by atoms with Crippen LogP contribution < -0.4 is 5.32 Å². The topological polar surface area (TPSA) is 68.3 Å². The van der Waals surface area contributed by atoms with Crippen molar-refractivity contribution in [2.24, 2.45) is 0 Å². The molecule has 0 radical (unpaired) electrons. The quantitative estimate of drug-likeness (QED) is 0.746. The Morgan fingerprint density at radius 3 is 2.68 bits per heavy atom. The molecule has 5 nitrogen and oxygen atoms in total. The Hall–Kier alpha value is -2.25. The van der Waals surface area contributed by atoms with E-state index in [1.54, 1.807) is 23.5 Å². The third-order valence-electron chi connectivity index (χ3n) is 2.95. The molecule has 0 aliphatic heterocycles. The van der Waals surface area contributed by atoms with Crippen LogP contribution in [0, 0.1) is 0 Å². The number of ether oxygens (including phenoxy) is 1. The van der Waals surface area contributed by atoms with E-state index in [-0.39, 0.29) is 5.91 Å². The van der Waals surface area contributed by atoms with Gasteiger partial charge in [0.15, 0.2) is 0 Å². The molecule has 0 bridgehead atoms. The first-order valence-electron chi connectivity index (χ1n) is 6.48. The van der Waals surface area contributed by atoms with Crippen molar-refractivity contribution in [3.8, 4) is 0 Å². The number of thiophene rings is 1. The SMILES string of the molecule is COC(=O)c1ccc(C(=O)NCc2nc3ccccc3s2)s1. The molecule has 3 rings (SSSR count). The number of thiazole rings is 1. The second-order valence-corrected chi connectivity index (χ2v) is 6.61. The Kier molecular flexibility index (Phi) is 4.17. The summed E-state index contributed by atoms with van der Waals surface area (Å²) in [6, 6.07) is 11.0. The van der Waals surface area contributed by atoms with Gasteiger partial charge in [0.25, 0.3) is 5.91 Å². The molecule has 1 amide bonds. The highest BCUT2D eigenvalue weighted by Gasteiger charge is 2.14. The van der Waals surface area contributed by atoms with E-state index >= 15 is 0 Å². The van der Waals surface area contributed by atoms with Crippen molar-refractivity contribution in [3.63, 3.8) is 0 Å². The van der Waals surface area contributed by atoms with E-state index in [0.717, 1.165) is 26.6 Å². The number of methoxy groups -OCH3 is 1. The maximum absolute atomic E-state index is 12.1. The van der Waals surface area contributed by atoms with Gasteiger partial charge in [0.1, 0.15) is 9.88 Å². The van der Waals surface area contributed by atoms with Gasteiger partial charge in [0, 0.05) is 0 Å². The van der Waals surface area contributed by atoms with Crippen molar-refractivity contribution in [2.75, 3.05) is 7.11 Å².